The van der Waals surface area contributed by atoms with Crippen LogP contribution < -0.4 is 14.8 Å². The van der Waals surface area contributed by atoms with Gasteiger partial charge in [-0.1, -0.05) is 32.9 Å². The zero-order chi connectivity index (χ0) is 23.6. The molecule has 0 spiro atoms. The second-order valence-corrected chi connectivity index (χ2v) is 10.8. The second-order valence-electron chi connectivity index (χ2n) is 9.14. The Hall–Kier alpha value is -3.39. The molecular weight excluding hydrogens is 438 g/mol. The van der Waals surface area contributed by atoms with E-state index in [0.717, 1.165) is 18.4 Å². The highest BCUT2D eigenvalue weighted by molar-refractivity contribution is 7.92. The highest BCUT2D eigenvalue weighted by Gasteiger charge is 2.24. The van der Waals surface area contributed by atoms with Crippen molar-refractivity contribution in [2.75, 3.05) is 4.72 Å². The van der Waals surface area contributed by atoms with Crippen LogP contribution in [0.15, 0.2) is 71.8 Å². The first-order valence-electron chi connectivity index (χ1n) is 10.8. The van der Waals surface area contributed by atoms with E-state index in [4.69, 9.17) is 4.74 Å². The summed E-state index contributed by atoms with van der Waals surface area (Å²) < 4.78 is 33.7. The van der Waals surface area contributed by atoms with Crippen molar-refractivity contribution in [3.05, 3.63) is 78.0 Å². The monoisotopic (exact) mass is 465 g/mol. The summed E-state index contributed by atoms with van der Waals surface area (Å²) in [5.41, 5.74) is 1.91. The van der Waals surface area contributed by atoms with E-state index in [1.54, 1.807) is 48.5 Å². The number of ether oxygens (including phenoxy) is 1. The Morgan fingerprint density at radius 1 is 0.970 bits per heavy atom. The maximum absolute atomic E-state index is 12.7. The molecule has 1 saturated carbocycles. The average molecular weight is 466 g/mol. The molecule has 1 fully saturated rings. The Bertz CT molecular complexity index is 1230. The maximum atomic E-state index is 12.7. The van der Waals surface area contributed by atoms with Gasteiger partial charge in [0.25, 0.3) is 15.9 Å². The maximum Gasteiger partial charge on any atom is 0.261 e. The summed E-state index contributed by atoms with van der Waals surface area (Å²) in [6.45, 7) is 6.23. The van der Waals surface area contributed by atoms with E-state index in [1.807, 2.05) is 12.1 Å². The van der Waals surface area contributed by atoms with E-state index in [0.29, 0.717) is 22.9 Å². The lowest BCUT2D eigenvalue weighted by Gasteiger charge is -2.19. The molecule has 0 aliphatic heterocycles. The van der Waals surface area contributed by atoms with Crippen LogP contribution in [0.2, 0.25) is 0 Å². The van der Waals surface area contributed by atoms with Crippen LogP contribution in [0.5, 0.6) is 11.6 Å². The molecule has 3 aromatic rings. The molecule has 0 radical (unpaired) electrons. The topological polar surface area (TPSA) is 97.4 Å². The zero-order valence-electron chi connectivity index (χ0n) is 18.8. The highest BCUT2D eigenvalue weighted by Crippen LogP contribution is 2.26. The first kappa shape index (κ1) is 22.8. The molecule has 33 heavy (non-hydrogen) atoms. The van der Waals surface area contributed by atoms with E-state index in [9.17, 15) is 13.2 Å². The van der Waals surface area contributed by atoms with Gasteiger partial charge >= 0.3 is 0 Å². The van der Waals surface area contributed by atoms with Gasteiger partial charge in [-0.2, -0.15) is 0 Å². The summed E-state index contributed by atoms with van der Waals surface area (Å²) in [4.78, 5) is 16.4. The fraction of sp³-hybridized carbons (Fsp3) is 0.280. The Morgan fingerprint density at radius 2 is 1.64 bits per heavy atom. The molecule has 172 valence electrons. The third-order valence-corrected chi connectivity index (χ3v) is 6.67. The largest absolute Gasteiger partial charge is 0.439 e. The first-order valence-corrected chi connectivity index (χ1v) is 12.3. The van der Waals surface area contributed by atoms with Gasteiger partial charge in [0.1, 0.15) is 5.75 Å². The number of carbonyl (C=O) groups is 1. The molecule has 2 N–H and O–H groups in total. The molecule has 1 amide bonds. The number of nitrogens with one attached hydrogen (secondary N) is 2. The molecule has 4 rings (SSSR count). The van der Waals surface area contributed by atoms with Gasteiger partial charge in [0.15, 0.2) is 0 Å². The van der Waals surface area contributed by atoms with Gasteiger partial charge in [-0.15, -0.1) is 0 Å². The molecule has 0 bridgehead atoms. The van der Waals surface area contributed by atoms with Crippen LogP contribution in [0.1, 0.15) is 49.5 Å². The lowest BCUT2D eigenvalue weighted by Crippen LogP contribution is -2.25. The van der Waals surface area contributed by atoms with Gasteiger partial charge in [-0.25, -0.2) is 13.4 Å². The Kier molecular flexibility index (Phi) is 6.12. The van der Waals surface area contributed by atoms with E-state index < -0.39 is 10.0 Å². The van der Waals surface area contributed by atoms with Crippen LogP contribution >= 0.6 is 0 Å². The SMILES string of the molecule is CC(C)(C)c1ccc(S(=O)(=O)Nc2ccc(Oc3ccc(C(=O)NC4CC4)cn3)cc2)cc1. The van der Waals surface area contributed by atoms with Crippen LogP contribution in [-0.4, -0.2) is 25.4 Å². The van der Waals surface area contributed by atoms with Crippen molar-refractivity contribution >= 4 is 21.6 Å². The van der Waals surface area contributed by atoms with Crippen LogP contribution in [0.3, 0.4) is 0 Å². The average Bonchev–Trinajstić information content (AvgIpc) is 3.59. The second kappa shape index (κ2) is 8.86. The van der Waals surface area contributed by atoms with Gasteiger partial charge < -0.3 is 10.1 Å². The van der Waals surface area contributed by atoms with Crippen LogP contribution in [0.4, 0.5) is 5.69 Å². The number of sulfonamides is 1. The fourth-order valence-corrected chi connectivity index (χ4v) is 4.19. The number of benzene rings is 2. The lowest BCUT2D eigenvalue weighted by atomic mass is 9.87. The van der Waals surface area contributed by atoms with E-state index in [2.05, 4.69) is 35.8 Å². The van der Waals surface area contributed by atoms with E-state index in [-0.39, 0.29) is 22.3 Å². The third kappa shape index (κ3) is 5.90. The van der Waals surface area contributed by atoms with Gasteiger partial charge in [0, 0.05) is 24.0 Å². The third-order valence-electron chi connectivity index (χ3n) is 5.27. The van der Waals surface area contributed by atoms with E-state index in [1.165, 1.54) is 6.20 Å². The molecule has 0 unspecified atom stereocenters. The molecule has 1 aliphatic rings. The van der Waals surface area contributed by atoms with Gasteiger partial charge in [0.2, 0.25) is 5.88 Å². The molecule has 2 aromatic carbocycles. The highest BCUT2D eigenvalue weighted by atomic mass is 32.2. The van der Waals surface area contributed by atoms with Crippen molar-refractivity contribution in [2.24, 2.45) is 0 Å². The summed E-state index contributed by atoms with van der Waals surface area (Å²) >= 11 is 0. The quantitative estimate of drug-likeness (QED) is 0.519. The first-order chi connectivity index (χ1) is 15.6. The van der Waals surface area contributed by atoms with Crippen LogP contribution in [-0.2, 0) is 15.4 Å². The molecule has 7 nitrogen and oxygen atoms in total. The van der Waals surface area contributed by atoms with Crippen molar-refractivity contribution in [1.29, 1.82) is 0 Å². The summed E-state index contributed by atoms with van der Waals surface area (Å²) in [6.07, 6.45) is 3.52. The molecule has 1 aliphatic carbocycles. The number of nitrogens with zero attached hydrogens (tertiary/aromatic N) is 1. The normalized spacial score (nSPS) is 13.9. The summed E-state index contributed by atoms with van der Waals surface area (Å²) in [5, 5.41) is 2.91. The minimum Gasteiger partial charge on any atom is -0.439 e. The predicted octanol–water partition coefficient (Wildman–Crippen LogP) is 4.86. The Labute approximate surface area is 194 Å². The van der Waals surface area contributed by atoms with Crippen molar-refractivity contribution in [3.63, 3.8) is 0 Å². The smallest absolute Gasteiger partial charge is 0.261 e. The molecule has 1 aromatic heterocycles. The standard InChI is InChI=1S/C25H27N3O4S/c1-25(2,3)18-5-13-22(14-6-18)33(30,31)28-20-9-11-21(12-10-20)32-23-15-4-17(16-26-23)24(29)27-19-7-8-19/h4-6,9-16,19,28H,7-8H2,1-3H3,(H,27,29). The van der Waals surface area contributed by atoms with Gasteiger partial charge in [-0.05, 0) is 66.3 Å². The molecule has 1 heterocycles. The minimum atomic E-state index is -3.71. The molecule has 0 atom stereocenters. The number of hydrogen-bond donors (Lipinski definition) is 2. The predicted molar refractivity (Wildman–Crippen MR) is 127 cm³/mol. The van der Waals surface area contributed by atoms with Crippen molar-refractivity contribution < 1.29 is 17.9 Å². The van der Waals surface area contributed by atoms with Gasteiger partial charge in [-0.3, -0.25) is 9.52 Å². The number of amides is 1. The lowest BCUT2D eigenvalue weighted by molar-refractivity contribution is 0.0950. The summed E-state index contributed by atoms with van der Waals surface area (Å²) in [5.74, 6) is 0.696. The van der Waals surface area contributed by atoms with Crippen molar-refractivity contribution in [1.82, 2.24) is 10.3 Å². The van der Waals surface area contributed by atoms with Crippen molar-refractivity contribution in [3.8, 4) is 11.6 Å². The fourth-order valence-electron chi connectivity index (χ4n) is 3.13. The number of anilines is 1. The molecular formula is C25H27N3O4S. The van der Waals surface area contributed by atoms with Crippen LogP contribution in [0, 0.1) is 0 Å². The van der Waals surface area contributed by atoms with Crippen LogP contribution in [0.25, 0.3) is 0 Å². The summed E-state index contributed by atoms with van der Waals surface area (Å²) in [6, 6.07) is 17.0. The molecule has 8 heteroatoms. The Balaban J connectivity index is 1.38. The van der Waals surface area contributed by atoms with E-state index >= 15 is 0 Å². The number of rotatable bonds is 7. The number of aromatic nitrogens is 1. The number of pyridine rings is 1. The zero-order valence-corrected chi connectivity index (χ0v) is 19.6. The van der Waals surface area contributed by atoms with Gasteiger partial charge in [0.05, 0.1) is 10.5 Å². The minimum absolute atomic E-state index is 0.0518. The Morgan fingerprint density at radius 3 is 2.18 bits per heavy atom. The molecule has 0 saturated heterocycles. The number of carbonyl (C=O) groups excluding carboxylic acids is 1. The number of hydrogen-bond acceptors (Lipinski definition) is 5. The van der Waals surface area contributed by atoms with Crippen molar-refractivity contribution in [2.45, 2.75) is 50.0 Å². The summed E-state index contributed by atoms with van der Waals surface area (Å²) in [7, 11) is -3.71.